The van der Waals surface area contributed by atoms with Gasteiger partial charge in [0.15, 0.2) is 0 Å². The molecule has 0 bridgehead atoms. The minimum absolute atomic E-state index is 0.0381. The minimum Gasteiger partial charge on any atom is -0.463 e. The summed E-state index contributed by atoms with van der Waals surface area (Å²) in [6.07, 6.45) is 5.00. The van der Waals surface area contributed by atoms with E-state index in [4.69, 9.17) is 10.8 Å². The number of nitrogens with one attached hydrogen (secondary N) is 2. The third-order valence-electron chi connectivity index (χ3n) is 2.22. The predicted octanol–water partition coefficient (Wildman–Crippen LogP) is 0.728. The smallest absolute Gasteiger partial charge is 0.315 e. The third kappa shape index (κ3) is 3.85. The van der Waals surface area contributed by atoms with Crippen LogP contribution in [-0.4, -0.2) is 24.2 Å². The van der Waals surface area contributed by atoms with E-state index in [1.165, 1.54) is 0 Å². The number of terminal acetylenes is 1. The predicted molar refractivity (Wildman–Crippen MR) is 63.3 cm³/mol. The van der Waals surface area contributed by atoms with Gasteiger partial charge in [0.1, 0.15) is 17.1 Å². The fraction of sp³-hybridized carbons (Fsp3) is 0.417. The van der Waals surface area contributed by atoms with Crippen molar-refractivity contribution in [3.63, 3.8) is 0 Å². The van der Waals surface area contributed by atoms with Crippen LogP contribution >= 0.6 is 0 Å². The molecular weight excluding hydrogens is 220 g/mol. The number of amides is 2. The second kappa shape index (κ2) is 5.41. The summed E-state index contributed by atoms with van der Waals surface area (Å²) in [5.41, 5.74) is -1.25. The number of carbonyl (C=O) groups is 1. The van der Waals surface area contributed by atoms with Crippen molar-refractivity contribution in [3.05, 3.63) is 23.7 Å². The highest BCUT2D eigenvalue weighted by molar-refractivity contribution is 5.74. The second-order valence-corrected chi connectivity index (χ2v) is 3.92. The van der Waals surface area contributed by atoms with E-state index < -0.39 is 11.6 Å². The molecule has 1 heterocycles. The van der Waals surface area contributed by atoms with E-state index in [0.29, 0.717) is 11.5 Å². The molecule has 0 saturated heterocycles. The van der Waals surface area contributed by atoms with Crippen LogP contribution in [0.4, 0.5) is 4.79 Å². The van der Waals surface area contributed by atoms with Crippen molar-refractivity contribution in [2.24, 2.45) is 0 Å². The zero-order valence-electron chi connectivity index (χ0n) is 9.91. The van der Waals surface area contributed by atoms with E-state index in [-0.39, 0.29) is 13.1 Å². The van der Waals surface area contributed by atoms with Gasteiger partial charge in [-0.3, -0.25) is 0 Å². The molecule has 0 fully saturated rings. The maximum absolute atomic E-state index is 11.2. The Hall–Kier alpha value is -1.93. The zero-order valence-corrected chi connectivity index (χ0v) is 9.91. The molecular formula is C12H16N2O3. The van der Waals surface area contributed by atoms with Crippen molar-refractivity contribution < 1.29 is 14.3 Å². The topological polar surface area (TPSA) is 74.5 Å². The van der Waals surface area contributed by atoms with E-state index in [1.807, 2.05) is 0 Å². The summed E-state index contributed by atoms with van der Waals surface area (Å²) < 4.78 is 5.31. The summed E-state index contributed by atoms with van der Waals surface area (Å²) in [5, 5.41) is 15.0. The Morgan fingerprint density at radius 2 is 2.29 bits per heavy atom. The first kappa shape index (κ1) is 13.1. The van der Waals surface area contributed by atoms with Gasteiger partial charge in [-0.2, -0.15) is 0 Å². The van der Waals surface area contributed by atoms with Crippen molar-refractivity contribution in [2.75, 3.05) is 13.1 Å². The molecule has 1 rings (SSSR count). The van der Waals surface area contributed by atoms with Gasteiger partial charge in [0, 0.05) is 0 Å². The fourth-order valence-electron chi connectivity index (χ4n) is 1.26. The molecule has 0 spiro atoms. The largest absolute Gasteiger partial charge is 0.463 e. The zero-order chi connectivity index (χ0) is 12.9. The molecule has 2 amide bonds. The Morgan fingerprint density at radius 1 is 1.59 bits per heavy atom. The van der Waals surface area contributed by atoms with E-state index in [1.54, 1.807) is 26.0 Å². The lowest BCUT2D eigenvalue weighted by molar-refractivity contribution is 0.0360. The Kier molecular flexibility index (Phi) is 4.18. The van der Waals surface area contributed by atoms with Gasteiger partial charge < -0.3 is 20.2 Å². The Balaban J connectivity index is 2.50. The number of rotatable bonds is 4. The lowest BCUT2D eigenvalue weighted by Gasteiger charge is -2.21. The van der Waals surface area contributed by atoms with Crippen LogP contribution in [0.25, 0.3) is 0 Å². The SMILES string of the molecule is C#CCNC(=O)NCC(C)(O)c1ccc(C)o1. The Morgan fingerprint density at radius 3 is 2.82 bits per heavy atom. The Bertz CT molecular complexity index is 429. The fourth-order valence-corrected chi connectivity index (χ4v) is 1.26. The molecule has 0 radical (unpaired) electrons. The van der Waals surface area contributed by atoms with Gasteiger partial charge in [-0.25, -0.2) is 4.79 Å². The van der Waals surface area contributed by atoms with Gasteiger partial charge in [-0.15, -0.1) is 6.42 Å². The lowest BCUT2D eigenvalue weighted by Crippen LogP contribution is -2.43. The normalized spacial score (nSPS) is 13.5. The first-order valence-corrected chi connectivity index (χ1v) is 5.20. The minimum atomic E-state index is -1.25. The molecule has 3 N–H and O–H groups in total. The van der Waals surface area contributed by atoms with Gasteiger partial charge in [-0.05, 0) is 26.0 Å². The number of hydrogen-bond acceptors (Lipinski definition) is 3. The van der Waals surface area contributed by atoms with Crippen molar-refractivity contribution >= 4 is 6.03 Å². The van der Waals surface area contributed by atoms with Gasteiger partial charge in [0.05, 0.1) is 13.1 Å². The van der Waals surface area contributed by atoms with E-state index in [9.17, 15) is 9.90 Å². The van der Waals surface area contributed by atoms with Crippen LogP contribution in [0.3, 0.4) is 0 Å². The molecule has 0 aliphatic heterocycles. The number of hydrogen-bond donors (Lipinski definition) is 3. The van der Waals surface area contributed by atoms with E-state index in [2.05, 4.69) is 16.6 Å². The summed E-state index contributed by atoms with van der Waals surface area (Å²) in [6, 6.07) is 3.00. The first-order chi connectivity index (χ1) is 7.95. The van der Waals surface area contributed by atoms with E-state index in [0.717, 1.165) is 0 Å². The van der Waals surface area contributed by atoms with Gasteiger partial charge in [0.2, 0.25) is 0 Å². The molecule has 17 heavy (non-hydrogen) atoms. The van der Waals surface area contributed by atoms with Crippen molar-refractivity contribution in [1.82, 2.24) is 10.6 Å². The monoisotopic (exact) mass is 236 g/mol. The molecule has 1 unspecified atom stereocenters. The summed E-state index contributed by atoms with van der Waals surface area (Å²) >= 11 is 0. The lowest BCUT2D eigenvalue weighted by atomic mass is 10.0. The number of aryl methyl sites for hydroxylation is 1. The molecule has 1 aromatic heterocycles. The van der Waals surface area contributed by atoms with Crippen LogP contribution in [-0.2, 0) is 5.60 Å². The molecule has 0 saturated carbocycles. The molecule has 0 aliphatic rings. The van der Waals surface area contributed by atoms with Crippen LogP contribution in [0.15, 0.2) is 16.5 Å². The average Bonchev–Trinajstić information content (AvgIpc) is 2.71. The summed E-state index contributed by atoms with van der Waals surface area (Å²) in [7, 11) is 0. The van der Waals surface area contributed by atoms with Crippen LogP contribution in [0.1, 0.15) is 18.4 Å². The van der Waals surface area contributed by atoms with Gasteiger partial charge in [-0.1, -0.05) is 5.92 Å². The second-order valence-electron chi connectivity index (χ2n) is 3.92. The number of carbonyl (C=O) groups excluding carboxylic acids is 1. The van der Waals surface area contributed by atoms with Gasteiger partial charge >= 0.3 is 6.03 Å². The van der Waals surface area contributed by atoms with Crippen LogP contribution in [0, 0.1) is 19.3 Å². The van der Waals surface area contributed by atoms with Crippen molar-refractivity contribution in [3.8, 4) is 12.3 Å². The average molecular weight is 236 g/mol. The number of urea groups is 1. The Labute approximate surface area is 100 Å². The summed E-state index contributed by atoms with van der Waals surface area (Å²) in [4.78, 5) is 11.2. The van der Waals surface area contributed by atoms with Crippen LogP contribution < -0.4 is 10.6 Å². The van der Waals surface area contributed by atoms with Crippen LogP contribution in [0.2, 0.25) is 0 Å². The molecule has 5 nitrogen and oxygen atoms in total. The molecule has 5 heteroatoms. The number of furan rings is 1. The highest BCUT2D eigenvalue weighted by Gasteiger charge is 2.27. The van der Waals surface area contributed by atoms with E-state index >= 15 is 0 Å². The quantitative estimate of drug-likeness (QED) is 0.675. The highest BCUT2D eigenvalue weighted by Crippen LogP contribution is 2.21. The maximum Gasteiger partial charge on any atom is 0.315 e. The van der Waals surface area contributed by atoms with Crippen molar-refractivity contribution in [2.45, 2.75) is 19.4 Å². The molecule has 1 aromatic rings. The standard InChI is InChI=1S/C12H16N2O3/c1-4-7-13-11(15)14-8-12(3,16)10-6-5-9(2)17-10/h1,5-6,16H,7-8H2,2-3H3,(H2,13,14,15). The van der Waals surface area contributed by atoms with Crippen molar-refractivity contribution in [1.29, 1.82) is 0 Å². The van der Waals surface area contributed by atoms with Gasteiger partial charge in [0.25, 0.3) is 0 Å². The third-order valence-corrected chi connectivity index (χ3v) is 2.22. The molecule has 0 aromatic carbocycles. The molecule has 92 valence electrons. The summed E-state index contributed by atoms with van der Waals surface area (Å²) in [5.74, 6) is 3.39. The molecule has 1 atom stereocenters. The number of aliphatic hydroxyl groups is 1. The maximum atomic E-state index is 11.2. The molecule has 0 aliphatic carbocycles. The highest BCUT2D eigenvalue weighted by atomic mass is 16.4. The summed E-state index contributed by atoms with van der Waals surface area (Å²) in [6.45, 7) is 3.53. The first-order valence-electron chi connectivity index (χ1n) is 5.20. The van der Waals surface area contributed by atoms with Crippen LogP contribution in [0.5, 0.6) is 0 Å².